The Morgan fingerprint density at radius 1 is 1.24 bits per heavy atom. The molecule has 0 N–H and O–H groups in total. The van der Waals surface area contributed by atoms with Crippen molar-refractivity contribution in [3.05, 3.63) is 18.0 Å². The Labute approximate surface area is 151 Å². The Hall–Kier alpha value is -1.69. The molecule has 1 atom stereocenters. The molecule has 3 rings (SSSR count). The van der Waals surface area contributed by atoms with Gasteiger partial charge in [0.25, 0.3) is 0 Å². The quantitative estimate of drug-likeness (QED) is 0.840. The van der Waals surface area contributed by atoms with Crippen LogP contribution in [0, 0.1) is 0 Å². The number of rotatable bonds is 3. The minimum absolute atomic E-state index is 0.310. The molecule has 0 radical (unpaired) electrons. The molecule has 0 aliphatic carbocycles. The molecule has 0 bridgehead atoms. The number of carbonyl (C=O) groups excluding carboxylic acids is 1. The Morgan fingerprint density at radius 3 is 2.60 bits per heavy atom. The molecule has 1 amide bonds. The fraction of sp³-hybridized carbons (Fsp3) is 0.737. The summed E-state index contributed by atoms with van der Waals surface area (Å²) in [6.45, 7) is 4.80. The van der Waals surface area contributed by atoms with E-state index in [4.69, 9.17) is 0 Å². The van der Waals surface area contributed by atoms with E-state index < -0.39 is 0 Å². The second-order valence-corrected chi connectivity index (χ2v) is 7.89. The van der Waals surface area contributed by atoms with E-state index in [2.05, 4.69) is 33.7 Å². The first-order valence-corrected chi connectivity index (χ1v) is 9.43. The van der Waals surface area contributed by atoms with E-state index in [0.717, 1.165) is 57.0 Å². The van der Waals surface area contributed by atoms with Crippen molar-refractivity contribution in [2.24, 2.45) is 0 Å². The molecule has 25 heavy (non-hydrogen) atoms. The van der Waals surface area contributed by atoms with Gasteiger partial charge in [0.05, 0.1) is 5.54 Å². The van der Waals surface area contributed by atoms with Gasteiger partial charge in [-0.1, -0.05) is 0 Å². The molecule has 0 aromatic carbocycles. The maximum Gasteiger partial charge on any atom is 0.242 e. The summed E-state index contributed by atoms with van der Waals surface area (Å²) in [7, 11) is 6.01. The number of amides is 1. The Kier molecular flexibility index (Phi) is 5.27. The van der Waals surface area contributed by atoms with Crippen LogP contribution < -0.4 is 4.90 Å². The second kappa shape index (κ2) is 7.28. The van der Waals surface area contributed by atoms with Gasteiger partial charge in [-0.25, -0.2) is 9.97 Å². The van der Waals surface area contributed by atoms with Gasteiger partial charge in [0, 0.05) is 45.0 Å². The van der Waals surface area contributed by atoms with Crippen molar-refractivity contribution in [1.82, 2.24) is 19.8 Å². The van der Waals surface area contributed by atoms with Crippen molar-refractivity contribution in [3.8, 4) is 0 Å². The molecule has 3 heterocycles. The number of nitrogens with zero attached hydrogens (tertiary/aromatic N) is 5. The van der Waals surface area contributed by atoms with E-state index in [9.17, 15) is 4.79 Å². The predicted molar refractivity (Wildman–Crippen MR) is 99.8 cm³/mol. The monoisotopic (exact) mass is 345 g/mol. The molecule has 6 heteroatoms. The second-order valence-electron chi connectivity index (χ2n) is 7.89. The molecule has 2 aliphatic rings. The zero-order valence-electron chi connectivity index (χ0n) is 16.0. The van der Waals surface area contributed by atoms with Crippen LogP contribution in [0.2, 0.25) is 0 Å². The summed E-state index contributed by atoms with van der Waals surface area (Å²) in [5.74, 6) is 1.49. The summed E-state index contributed by atoms with van der Waals surface area (Å²) in [4.78, 5) is 28.4. The van der Waals surface area contributed by atoms with Crippen molar-refractivity contribution in [1.29, 1.82) is 0 Å². The van der Waals surface area contributed by atoms with Crippen LogP contribution in [0.4, 0.5) is 5.95 Å². The van der Waals surface area contributed by atoms with Gasteiger partial charge in [-0.2, -0.15) is 0 Å². The van der Waals surface area contributed by atoms with E-state index in [1.807, 2.05) is 31.3 Å². The van der Waals surface area contributed by atoms with Crippen LogP contribution in [0.3, 0.4) is 0 Å². The SMILES string of the molecule is CN(C)c1nccc(C2CCN(C(=O)[C@]3(C)CCCCN3C)CC2)n1. The van der Waals surface area contributed by atoms with Gasteiger partial charge in [0.2, 0.25) is 11.9 Å². The van der Waals surface area contributed by atoms with Gasteiger partial charge < -0.3 is 9.80 Å². The molecule has 6 nitrogen and oxygen atoms in total. The zero-order valence-corrected chi connectivity index (χ0v) is 16.0. The first kappa shape index (κ1) is 18.1. The van der Waals surface area contributed by atoms with Crippen LogP contribution in [-0.4, -0.2) is 72.0 Å². The maximum atomic E-state index is 13.1. The third-order valence-electron chi connectivity index (χ3n) is 5.98. The third kappa shape index (κ3) is 3.64. The number of anilines is 1. The number of likely N-dealkylation sites (tertiary alicyclic amines) is 2. The molecule has 0 saturated carbocycles. The average Bonchev–Trinajstić information content (AvgIpc) is 2.64. The van der Waals surface area contributed by atoms with Gasteiger partial charge in [-0.3, -0.25) is 9.69 Å². The van der Waals surface area contributed by atoms with E-state index in [-0.39, 0.29) is 5.54 Å². The summed E-state index contributed by atoms with van der Waals surface area (Å²) in [5.41, 5.74) is 0.782. The molecular formula is C19H31N5O. The Bertz CT molecular complexity index is 612. The fourth-order valence-corrected chi connectivity index (χ4v) is 4.05. The van der Waals surface area contributed by atoms with Crippen LogP contribution in [-0.2, 0) is 4.79 Å². The van der Waals surface area contributed by atoms with E-state index in [0.29, 0.717) is 11.8 Å². The molecule has 138 valence electrons. The van der Waals surface area contributed by atoms with E-state index >= 15 is 0 Å². The van der Waals surface area contributed by atoms with Crippen molar-refractivity contribution >= 4 is 11.9 Å². The first-order valence-electron chi connectivity index (χ1n) is 9.43. The number of likely N-dealkylation sites (N-methyl/N-ethyl adjacent to an activating group) is 1. The lowest BCUT2D eigenvalue weighted by atomic mass is 9.86. The van der Waals surface area contributed by atoms with Crippen LogP contribution in [0.25, 0.3) is 0 Å². The van der Waals surface area contributed by atoms with Gasteiger partial charge >= 0.3 is 0 Å². The van der Waals surface area contributed by atoms with Crippen molar-refractivity contribution in [2.45, 2.75) is 50.5 Å². The predicted octanol–water partition coefficient (Wildman–Crippen LogP) is 2.12. The van der Waals surface area contributed by atoms with Crippen LogP contribution in [0.5, 0.6) is 0 Å². The highest BCUT2D eigenvalue weighted by Gasteiger charge is 2.42. The van der Waals surface area contributed by atoms with Crippen molar-refractivity contribution in [3.63, 3.8) is 0 Å². The van der Waals surface area contributed by atoms with Crippen LogP contribution in [0.1, 0.15) is 50.6 Å². The fourth-order valence-electron chi connectivity index (χ4n) is 4.05. The number of hydrogen-bond acceptors (Lipinski definition) is 5. The first-order chi connectivity index (χ1) is 11.9. The van der Waals surface area contributed by atoms with E-state index in [1.54, 1.807) is 0 Å². The Morgan fingerprint density at radius 2 is 1.96 bits per heavy atom. The Balaban J connectivity index is 1.64. The number of piperidine rings is 2. The molecule has 2 fully saturated rings. The summed E-state index contributed by atoms with van der Waals surface area (Å²) in [5, 5.41) is 0. The smallest absolute Gasteiger partial charge is 0.242 e. The zero-order chi connectivity index (χ0) is 18.0. The van der Waals surface area contributed by atoms with Gasteiger partial charge in [-0.15, -0.1) is 0 Å². The molecule has 2 saturated heterocycles. The topological polar surface area (TPSA) is 52.6 Å². The van der Waals surface area contributed by atoms with E-state index in [1.165, 1.54) is 6.42 Å². The minimum atomic E-state index is -0.321. The van der Waals surface area contributed by atoms with Crippen molar-refractivity contribution in [2.75, 3.05) is 45.7 Å². The normalized spacial score (nSPS) is 25.8. The molecular weight excluding hydrogens is 314 g/mol. The standard InChI is InChI=1S/C19H31N5O/c1-19(10-5-6-12-23(19)4)17(25)24-13-8-15(9-14-24)16-7-11-20-18(21-16)22(2)3/h7,11,15H,5-6,8-10,12-14H2,1-4H3/t19-/m0/s1. The molecule has 1 aromatic rings. The number of aromatic nitrogens is 2. The summed E-state index contributed by atoms with van der Waals surface area (Å²) < 4.78 is 0. The molecule has 0 spiro atoms. The molecule has 0 unspecified atom stereocenters. The highest BCUT2D eigenvalue weighted by Crippen LogP contribution is 2.32. The molecule has 2 aliphatic heterocycles. The lowest BCUT2D eigenvalue weighted by Gasteiger charge is -2.45. The highest BCUT2D eigenvalue weighted by atomic mass is 16.2. The molecule has 1 aromatic heterocycles. The lowest BCUT2D eigenvalue weighted by Crippen LogP contribution is -2.59. The lowest BCUT2D eigenvalue weighted by molar-refractivity contribution is -0.146. The van der Waals surface area contributed by atoms with Crippen LogP contribution in [0.15, 0.2) is 12.3 Å². The largest absolute Gasteiger partial charge is 0.347 e. The highest BCUT2D eigenvalue weighted by molar-refractivity contribution is 5.86. The minimum Gasteiger partial charge on any atom is -0.347 e. The van der Waals surface area contributed by atoms with Crippen molar-refractivity contribution < 1.29 is 4.79 Å². The number of hydrogen-bond donors (Lipinski definition) is 0. The third-order valence-corrected chi connectivity index (χ3v) is 5.98. The van der Waals surface area contributed by atoms with Gasteiger partial charge in [-0.05, 0) is 58.7 Å². The number of carbonyl (C=O) groups is 1. The van der Waals surface area contributed by atoms with Gasteiger partial charge in [0.1, 0.15) is 0 Å². The van der Waals surface area contributed by atoms with Crippen LogP contribution >= 0.6 is 0 Å². The summed E-state index contributed by atoms with van der Waals surface area (Å²) >= 11 is 0. The summed E-state index contributed by atoms with van der Waals surface area (Å²) in [6, 6.07) is 2.02. The average molecular weight is 345 g/mol. The van der Waals surface area contributed by atoms with Gasteiger partial charge in [0.15, 0.2) is 0 Å². The maximum absolute atomic E-state index is 13.1. The summed E-state index contributed by atoms with van der Waals surface area (Å²) in [6.07, 6.45) is 7.12.